The molecule has 1 nitrogen and oxygen atoms in total. The third-order valence-electron chi connectivity index (χ3n) is 7.12. The fraction of sp³-hybridized carbons (Fsp3) is 0.895. The van der Waals surface area contributed by atoms with Crippen molar-refractivity contribution in [3.63, 3.8) is 0 Å². The van der Waals surface area contributed by atoms with Crippen LogP contribution in [0.5, 0.6) is 0 Å². The minimum Gasteiger partial charge on any atom is -0.368 e. The predicted octanol–water partition coefficient (Wildman–Crippen LogP) is 5.35. The van der Waals surface area contributed by atoms with Crippen molar-refractivity contribution in [1.82, 2.24) is 0 Å². The molecule has 5 atom stereocenters. The van der Waals surface area contributed by atoms with E-state index in [0.29, 0.717) is 16.9 Å². The summed E-state index contributed by atoms with van der Waals surface area (Å²) in [6.07, 6.45) is 11.8. The van der Waals surface area contributed by atoms with Crippen molar-refractivity contribution in [1.29, 1.82) is 0 Å². The molecule has 0 radical (unpaired) electrons. The van der Waals surface area contributed by atoms with Crippen molar-refractivity contribution in [3.05, 3.63) is 12.7 Å². The minimum atomic E-state index is -0.0749. The van der Waals surface area contributed by atoms with Crippen LogP contribution in [0, 0.1) is 22.7 Å². The highest BCUT2D eigenvalue weighted by atomic mass is 16.5. The van der Waals surface area contributed by atoms with Crippen LogP contribution >= 0.6 is 0 Å². The van der Waals surface area contributed by atoms with Crippen LogP contribution in [0.15, 0.2) is 12.7 Å². The molecule has 3 aliphatic rings. The normalized spacial score (nSPS) is 50.9. The molecule has 2 saturated carbocycles. The first-order valence-corrected chi connectivity index (χ1v) is 8.62. The van der Waals surface area contributed by atoms with Crippen LogP contribution < -0.4 is 0 Å². The smallest absolute Gasteiger partial charge is 0.0835 e. The van der Waals surface area contributed by atoms with Crippen LogP contribution in [0.4, 0.5) is 0 Å². The van der Waals surface area contributed by atoms with E-state index in [2.05, 4.69) is 34.3 Å². The highest BCUT2D eigenvalue weighted by molar-refractivity contribution is 5.08. The monoisotopic (exact) mass is 276 g/mol. The molecule has 1 heteroatoms. The SMILES string of the molecule is C=C[C@@]1(C)CC[C@@H]2[C@@H](CC[C@@H]3C(C)(C)CCC[C@]23C)O1. The Bertz CT molecular complexity index is 399. The first-order valence-electron chi connectivity index (χ1n) is 8.62. The van der Waals surface area contributed by atoms with Crippen molar-refractivity contribution < 1.29 is 4.74 Å². The van der Waals surface area contributed by atoms with Crippen LogP contribution in [-0.2, 0) is 4.74 Å². The van der Waals surface area contributed by atoms with E-state index in [1.165, 1.54) is 38.5 Å². The average molecular weight is 276 g/mol. The Hall–Kier alpha value is -0.300. The highest BCUT2D eigenvalue weighted by Crippen LogP contribution is 2.62. The van der Waals surface area contributed by atoms with Gasteiger partial charge < -0.3 is 4.74 Å². The Morgan fingerprint density at radius 2 is 1.75 bits per heavy atom. The molecule has 2 aliphatic carbocycles. The van der Waals surface area contributed by atoms with Gasteiger partial charge in [0, 0.05) is 0 Å². The largest absolute Gasteiger partial charge is 0.368 e. The maximum Gasteiger partial charge on any atom is 0.0835 e. The second kappa shape index (κ2) is 4.60. The Labute approximate surface area is 125 Å². The first kappa shape index (κ1) is 14.6. The van der Waals surface area contributed by atoms with Gasteiger partial charge in [-0.05, 0) is 68.1 Å². The number of fused-ring (bicyclic) bond motifs is 3. The fourth-order valence-corrected chi connectivity index (χ4v) is 5.94. The lowest BCUT2D eigenvalue weighted by Gasteiger charge is -2.61. The zero-order valence-corrected chi connectivity index (χ0v) is 13.9. The van der Waals surface area contributed by atoms with Gasteiger partial charge in [0.2, 0.25) is 0 Å². The molecule has 0 aromatic heterocycles. The standard InChI is InChI=1S/C19H32O/c1-6-18(4)13-10-14-15(20-18)8-9-16-17(2,3)11-7-12-19(14,16)5/h6,14-16H,1,7-13H2,2-5H3/t14-,15-,16-,18+,19-/m1/s1. The van der Waals surface area contributed by atoms with Crippen molar-refractivity contribution in [2.45, 2.75) is 84.3 Å². The van der Waals surface area contributed by atoms with E-state index in [4.69, 9.17) is 4.74 Å². The van der Waals surface area contributed by atoms with Gasteiger partial charge in [-0.15, -0.1) is 6.58 Å². The molecule has 0 N–H and O–H groups in total. The van der Waals surface area contributed by atoms with E-state index in [1.807, 2.05) is 6.08 Å². The second-order valence-electron chi connectivity index (χ2n) is 8.80. The molecular weight excluding hydrogens is 244 g/mol. The molecule has 0 bridgehead atoms. The molecule has 3 fully saturated rings. The van der Waals surface area contributed by atoms with Gasteiger partial charge in [-0.3, -0.25) is 0 Å². The van der Waals surface area contributed by atoms with Gasteiger partial charge in [-0.1, -0.05) is 33.3 Å². The Morgan fingerprint density at radius 3 is 2.45 bits per heavy atom. The molecule has 1 aliphatic heterocycles. The number of ether oxygens (including phenoxy) is 1. The molecule has 1 saturated heterocycles. The van der Waals surface area contributed by atoms with Crippen LogP contribution in [0.1, 0.15) is 72.6 Å². The van der Waals surface area contributed by atoms with Crippen molar-refractivity contribution in [3.8, 4) is 0 Å². The van der Waals surface area contributed by atoms with E-state index in [-0.39, 0.29) is 5.60 Å². The third kappa shape index (κ3) is 2.08. The minimum absolute atomic E-state index is 0.0749. The van der Waals surface area contributed by atoms with Crippen molar-refractivity contribution in [2.24, 2.45) is 22.7 Å². The van der Waals surface area contributed by atoms with Crippen LogP contribution in [0.2, 0.25) is 0 Å². The molecule has 20 heavy (non-hydrogen) atoms. The summed E-state index contributed by atoms with van der Waals surface area (Å²) in [5.41, 5.74) is 0.957. The summed E-state index contributed by atoms with van der Waals surface area (Å²) in [6.45, 7) is 13.8. The quantitative estimate of drug-likeness (QED) is 0.586. The van der Waals surface area contributed by atoms with Gasteiger partial charge in [0.15, 0.2) is 0 Å². The van der Waals surface area contributed by atoms with Gasteiger partial charge in [0.05, 0.1) is 11.7 Å². The molecular formula is C19H32O. The number of hydrogen-bond acceptors (Lipinski definition) is 1. The summed E-state index contributed by atoms with van der Waals surface area (Å²) in [4.78, 5) is 0. The molecule has 0 unspecified atom stereocenters. The number of hydrogen-bond donors (Lipinski definition) is 0. The molecule has 0 aromatic carbocycles. The third-order valence-corrected chi connectivity index (χ3v) is 7.12. The van der Waals surface area contributed by atoms with Crippen molar-refractivity contribution >= 4 is 0 Å². The maximum absolute atomic E-state index is 6.49. The summed E-state index contributed by atoms with van der Waals surface area (Å²) in [6, 6.07) is 0. The summed E-state index contributed by atoms with van der Waals surface area (Å²) in [5.74, 6) is 1.66. The summed E-state index contributed by atoms with van der Waals surface area (Å²) in [5, 5.41) is 0. The fourth-order valence-electron chi connectivity index (χ4n) is 5.94. The van der Waals surface area contributed by atoms with E-state index in [1.54, 1.807) is 0 Å². The van der Waals surface area contributed by atoms with Gasteiger partial charge >= 0.3 is 0 Å². The zero-order chi connectivity index (χ0) is 14.6. The second-order valence-corrected chi connectivity index (χ2v) is 8.80. The van der Waals surface area contributed by atoms with Crippen LogP contribution in [0.3, 0.4) is 0 Å². The molecule has 114 valence electrons. The van der Waals surface area contributed by atoms with E-state index in [9.17, 15) is 0 Å². The summed E-state index contributed by atoms with van der Waals surface area (Å²) in [7, 11) is 0. The van der Waals surface area contributed by atoms with E-state index in [0.717, 1.165) is 18.3 Å². The van der Waals surface area contributed by atoms with Crippen molar-refractivity contribution in [2.75, 3.05) is 0 Å². The topological polar surface area (TPSA) is 9.23 Å². The Kier molecular flexibility index (Phi) is 3.36. The van der Waals surface area contributed by atoms with E-state index >= 15 is 0 Å². The lowest BCUT2D eigenvalue weighted by molar-refractivity contribution is -0.202. The molecule has 3 rings (SSSR count). The molecule has 1 heterocycles. The van der Waals surface area contributed by atoms with Gasteiger partial charge in [0.1, 0.15) is 0 Å². The molecule has 0 amide bonds. The summed E-state index contributed by atoms with van der Waals surface area (Å²) < 4.78 is 6.49. The first-order chi connectivity index (χ1) is 9.31. The highest BCUT2D eigenvalue weighted by Gasteiger charge is 2.56. The predicted molar refractivity (Wildman–Crippen MR) is 84.7 cm³/mol. The summed E-state index contributed by atoms with van der Waals surface area (Å²) >= 11 is 0. The lowest BCUT2D eigenvalue weighted by atomic mass is 9.47. The molecule has 0 spiro atoms. The number of rotatable bonds is 1. The maximum atomic E-state index is 6.49. The van der Waals surface area contributed by atoms with Crippen LogP contribution in [-0.4, -0.2) is 11.7 Å². The molecule has 0 aromatic rings. The zero-order valence-electron chi connectivity index (χ0n) is 13.9. The van der Waals surface area contributed by atoms with Gasteiger partial charge in [-0.2, -0.15) is 0 Å². The van der Waals surface area contributed by atoms with Gasteiger partial charge in [0.25, 0.3) is 0 Å². The van der Waals surface area contributed by atoms with E-state index < -0.39 is 0 Å². The Balaban J connectivity index is 1.87. The van der Waals surface area contributed by atoms with Gasteiger partial charge in [-0.25, -0.2) is 0 Å². The lowest BCUT2D eigenvalue weighted by Crippen LogP contribution is -2.57. The Morgan fingerprint density at radius 1 is 1.00 bits per heavy atom. The van der Waals surface area contributed by atoms with Crippen LogP contribution in [0.25, 0.3) is 0 Å². The average Bonchev–Trinajstić information content (AvgIpc) is 2.37.